The Labute approximate surface area is 123 Å². The van der Waals surface area contributed by atoms with Crippen molar-refractivity contribution in [1.29, 1.82) is 0 Å². The molecule has 1 aromatic rings. The van der Waals surface area contributed by atoms with Gasteiger partial charge in [0.2, 0.25) is 0 Å². The first-order chi connectivity index (χ1) is 9.56. The maximum atomic E-state index is 6.18. The van der Waals surface area contributed by atoms with Gasteiger partial charge in [0.05, 0.1) is 5.69 Å². The first kappa shape index (κ1) is 15.4. The van der Waals surface area contributed by atoms with E-state index in [1.54, 1.807) is 0 Å². The van der Waals surface area contributed by atoms with E-state index in [4.69, 9.17) is 5.73 Å². The molecular formula is C16H30N4. The Morgan fingerprint density at radius 1 is 1.40 bits per heavy atom. The first-order valence-electron chi connectivity index (χ1n) is 8.09. The predicted octanol–water partition coefficient (Wildman–Crippen LogP) is 2.63. The maximum absolute atomic E-state index is 6.18. The van der Waals surface area contributed by atoms with Crippen LogP contribution < -0.4 is 10.6 Å². The molecule has 1 heterocycles. The molecule has 4 nitrogen and oxygen atoms in total. The topological polar surface area (TPSA) is 47.1 Å². The molecule has 4 heteroatoms. The minimum absolute atomic E-state index is 0.237. The minimum atomic E-state index is 0.237. The molecule has 0 aliphatic heterocycles. The number of hydrogen-bond acceptors (Lipinski definition) is 3. The molecule has 0 saturated heterocycles. The zero-order valence-electron chi connectivity index (χ0n) is 13.5. The average Bonchev–Trinajstić information content (AvgIpc) is 3.17. The molecule has 114 valence electrons. The van der Waals surface area contributed by atoms with E-state index in [9.17, 15) is 0 Å². The van der Waals surface area contributed by atoms with Crippen molar-refractivity contribution in [3.8, 4) is 0 Å². The van der Waals surface area contributed by atoms with Crippen LogP contribution in [0.3, 0.4) is 0 Å². The van der Waals surface area contributed by atoms with Crippen molar-refractivity contribution in [3.63, 3.8) is 0 Å². The van der Waals surface area contributed by atoms with Crippen molar-refractivity contribution in [2.75, 3.05) is 18.0 Å². The molecule has 1 aromatic heterocycles. The highest BCUT2D eigenvalue weighted by molar-refractivity contribution is 5.51. The summed E-state index contributed by atoms with van der Waals surface area (Å²) < 4.78 is 2.06. The lowest BCUT2D eigenvalue weighted by Crippen LogP contribution is -2.30. The highest BCUT2D eigenvalue weighted by Crippen LogP contribution is 2.33. The van der Waals surface area contributed by atoms with Crippen LogP contribution in [-0.4, -0.2) is 28.9 Å². The van der Waals surface area contributed by atoms with E-state index in [2.05, 4.69) is 42.5 Å². The van der Waals surface area contributed by atoms with Gasteiger partial charge in [-0.3, -0.25) is 4.68 Å². The third kappa shape index (κ3) is 3.54. The predicted molar refractivity (Wildman–Crippen MR) is 85.1 cm³/mol. The lowest BCUT2D eigenvalue weighted by atomic mass is 10.0. The number of aromatic nitrogens is 2. The van der Waals surface area contributed by atoms with Crippen molar-refractivity contribution in [2.45, 2.75) is 58.9 Å². The van der Waals surface area contributed by atoms with Crippen LogP contribution in [0.4, 0.5) is 5.82 Å². The van der Waals surface area contributed by atoms with Gasteiger partial charge in [-0.15, -0.1) is 0 Å². The van der Waals surface area contributed by atoms with Crippen LogP contribution >= 0.6 is 0 Å². The van der Waals surface area contributed by atoms with E-state index in [1.807, 2.05) is 0 Å². The molecule has 0 spiro atoms. The summed E-state index contributed by atoms with van der Waals surface area (Å²) in [6.07, 6.45) is 5.92. The third-order valence-corrected chi connectivity index (χ3v) is 4.27. The monoisotopic (exact) mass is 278 g/mol. The molecule has 1 aliphatic rings. The summed E-state index contributed by atoms with van der Waals surface area (Å²) >= 11 is 0. The fourth-order valence-electron chi connectivity index (χ4n) is 2.90. The van der Waals surface area contributed by atoms with Crippen molar-refractivity contribution >= 4 is 5.82 Å². The van der Waals surface area contributed by atoms with Crippen LogP contribution in [-0.2, 0) is 13.5 Å². The van der Waals surface area contributed by atoms with Crippen LogP contribution in [0, 0.1) is 12.8 Å². The zero-order chi connectivity index (χ0) is 14.7. The molecule has 0 radical (unpaired) electrons. The first-order valence-corrected chi connectivity index (χ1v) is 8.09. The summed E-state index contributed by atoms with van der Waals surface area (Å²) in [6.45, 7) is 8.82. The van der Waals surface area contributed by atoms with E-state index in [0.29, 0.717) is 0 Å². The largest absolute Gasteiger partial charge is 0.356 e. The molecule has 1 fully saturated rings. The van der Waals surface area contributed by atoms with Crippen LogP contribution in [0.15, 0.2) is 0 Å². The van der Waals surface area contributed by atoms with E-state index < -0.39 is 0 Å². The second-order valence-corrected chi connectivity index (χ2v) is 6.27. The van der Waals surface area contributed by atoms with Crippen molar-refractivity contribution in [2.24, 2.45) is 18.7 Å². The van der Waals surface area contributed by atoms with E-state index in [1.165, 1.54) is 37.2 Å². The Kier molecular flexibility index (Phi) is 5.08. The second kappa shape index (κ2) is 6.61. The molecule has 0 aromatic carbocycles. The quantitative estimate of drug-likeness (QED) is 0.795. The molecule has 2 N–H and O–H groups in total. The van der Waals surface area contributed by atoms with Crippen molar-refractivity contribution < 1.29 is 0 Å². The number of nitrogens with zero attached hydrogens (tertiary/aromatic N) is 3. The summed E-state index contributed by atoms with van der Waals surface area (Å²) in [4.78, 5) is 2.54. The van der Waals surface area contributed by atoms with E-state index in [-0.39, 0.29) is 6.04 Å². The van der Waals surface area contributed by atoms with Gasteiger partial charge >= 0.3 is 0 Å². The standard InChI is InChI=1S/C16H30N4/c1-5-9-20(11-13-7-8-13)16-15(10-14(17)6-2)12(3)18-19(16)4/h13-14H,5-11,17H2,1-4H3. The minimum Gasteiger partial charge on any atom is -0.356 e. The van der Waals surface area contributed by atoms with Gasteiger partial charge in [0.25, 0.3) is 0 Å². The van der Waals surface area contributed by atoms with Gasteiger partial charge in [-0.1, -0.05) is 13.8 Å². The van der Waals surface area contributed by atoms with E-state index in [0.717, 1.165) is 31.0 Å². The molecule has 1 unspecified atom stereocenters. The molecule has 1 atom stereocenters. The summed E-state index contributed by atoms with van der Waals surface area (Å²) in [5, 5.41) is 4.65. The number of nitrogens with two attached hydrogens (primary N) is 1. The maximum Gasteiger partial charge on any atom is 0.130 e. The summed E-state index contributed by atoms with van der Waals surface area (Å²) in [5.74, 6) is 2.20. The molecule has 1 saturated carbocycles. The number of anilines is 1. The Balaban J connectivity index is 2.25. The van der Waals surface area contributed by atoms with Crippen LogP contribution in [0.25, 0.3) is 0 Å². The smallest absolute Gasteiger partial charge is 0.130 e. The van der Waals surface area contributed by atoms with Gasteiger partial charge in [-0.2, -0.15) is 5.10 Å². The molecule has 1 aliphatic carbocycles. The number of aryl methyl sites for hydroxylation is 2. The number of rotatable bonds is 8. The Hall–Kier alpha value is -1.03. The van der Waals surface area contributed by atoms with Crippen LogP contribution in [0.1, 0.15) is 50.8 Å². The summed E-state index contributed by atoms with van der Waals surface area (Å²) in [5.41, 5.74) is 8.68. The highest BCUT2D eigenvalue weighted by Gasteiger charge is 2.27. The SMILES string of the molecule is CCCN(CC1CC1)c1c(CC(N)CC)c(C)nn1C. The normalized spacial score (nSPS) is 16.4. The van der Waals surface area contributed by atoms with Gasteiger partial charge in [0.15, 0.2) is 0 Å². The van der Waals surface area contributed by atoms with Crippen molar-refractivity contribution in [3.05, 3.63) is 11.3 Å². The summed E-state index contributed by atoms with van der Waals surface area (Å²) in [6, 6.07) is 0.237. The lowest BCUT2D eigenvalue weighted by molar-refractivity contribution is 0.631. The van der Waals surface area contributed by atoms with Gasteiger partial charge in [0.1, 0.15) is 5.82 Å². The summed E-state index contributed by atoms with van der Waals surface area (Å²) in [7, 11) is 2.07. The third-order valence-electron chi connectivity index (χ3n) is 4.27. The van der Waals surface area contributed by atoms with Crippen molar-refractivity contribution in [1.82, 2.24) is 9.78 Å². The van der Waals surface area contributed by atoms with Gasteiger partial charge in [0, 0.05) is 31.7 Å². The van der Waals surface area contributed by atoms with Gasteiger partial charge < -0.3 is 10.6 Å². The Bertz CT molecular complexity index is 434. The molecule has 20 heavy (non-hydrogen) atoms. The Morgan fingerprint density at radius 3 is 2.65 bits per heavy atom. The fourth-order valence-corrected chi connectivity index (χ4v) is 2.90. The molecular weight excluding hydrogens is 248 g/mol. The fraction of sp³-hybridized carbons (Fsp3) is 0.812. The zero-order valence-corrected chi connectivity index (χ0v) is 13.5. The molecule has 0 bridgehead atoms. The van der Waals surface area contributed by atoms with Crippen LogP contribution in [0.5, 0.6) is 0 Å². The Morgan fingerprint density at radius 2 is 2.10 bits per heavy atom. The molecule has 0 amide bonds. The average molecular weight is 278 g/mol. The second-order valence-electron chi connectivity index (χ2n) is 6.27. The molecule has 2 rings (SSSR count). The van der Waals surface area contributed by atoms with Gasteiger partial charge in [-0.25, -0.2) is 0 Å². The van der Waals surface area contributed by atoms with Crippen LogP contribution in [0.2, 0.25) is 0 Å². The number of hydrogen-bond donors (Lipinski definition) is 1. The lowest BCUT2D eigenvalue weighted by Gasteiger charge is -2.26. The van der Waals surface area contributed by atoms with E-state index >= 15 is 0 Å². The van der Waals surface area contributed by atoms with Gasteiger partial charge in [-0.05, 0) is 44.9 Å². The highest BCUT2D eigenvalue weighted by atomic mass is 15.4.